The SMILES string of the molecule is Cc1sccc1C(F)(F)C(=O)O. The largest absolute Gasteiger partial charge is 0.477 e. The molecular weight excluding hydrogens is 186 g/mol. The summed E-state index contributed by atoms with van der Waals surface area (Å²) in [5.41, 5.74) is -0.417. The minimum atomic E-state index is -3.76. The van der Waals surface area contributed by atoms with E-state index in [1.165, 1.54) is 12.3 Å². The van der Waals surface area contributed by atoms with Crippen molar-refractivity contribution in [3.8, 4) is 0 Å². The average molecular weight is 192 g/mol. The lowest BCUT2D eigenvalue weighted by atomic mass is 10.1. The molecular formula is C7H6F2O2S. The Morgan fingerprint density at radius 3 is 2.58 bits per heavy atom. The second-order valence-electron chi connectivity index (χ2n) is 2.27. The molecule has 1 aromatic rings. The van der Waals surface area contributed by atoms with Gasteiger partial charge in [-0.2, -0.15) is 8.78 Å². The molecule has 0 aliphatic heterocycles. The van der Waals surface area contributed by atoms with Crippen LogP contribution >= 0.6 is 11.3 Å². The van der Waals surface area contributed by atoms with Crippen molar-refractivity contribution in [1.82, 2.24) is 0 Å². The number of aryl methyl sites for hydroxylation is 1. The summed E-state index contributed by atoms with van der Waals surface area (Å²) in [4.78, 5) is 10.5. The molecule has 0 unspecified atom stereocenters. The number of hydrogen-bond donors (Lipinski definition) is 1. The number of carboxylic acid groups (broad SMARTS) is 1. The van der Waals surface area contributed by atoms with Gasteiger partial charge in [0.1, 0.15) is 0 Å². The smallest absolute Gasteiger partial charge is 0.379 e. The zero-order valence-electron chi connectivity index (χ0n) is 6.17. The molecule has 12 heavy (non-hydrogen) atoms. The van der Waals surface area contributed by atoms with Crippen LogP contribution < -0.4 is 0 Å². The predicted molar refractivity (Wildman–Crippen MR) is 40.6 cm³/mol. The summed E-state index contributed by atoms with van der Waals surface area (Å²) >= 11 is 1.11. The second kappa shape index (κ2) is 2.82. The first-order valence-electron chi connectivity index (χ1n) is 3.12. The number of rotatable bonds is 2. The van der Waals surface area contributed by atoms with Crippen molar-refractivity contribution in [1.29, 1.82) is 0 Å². The summed E-state index contributed by atoms with van der Waals surface area (Å²) in [6.07, 6.45) is 0. The minimum Gasteiger partial charge on any atom is -0.477 e. The van der Waals surface area contributed by atoms with E-state index >= 15 is 0 Å². The van der Waals surface area contributed by atoms with E-state index in [1.54, 1.807) is 0 Å². The topological polar surface area (TPSA) is 37.3 Å². The summed E-state index contributed by atoms with van der Waals surface area (Å²) in [7, 11) is 0. The number of hydrogen-bond acceptors (Lipinski definition) is 2. The van der Waals surface area contributed by atoms with Crippen molar-refractivity contribution in [2.75, 3.05) is 0 Å². The van der Waals surface area contributed by atoms with Crippen molar-refractivity contribution in [3.05, 3.63) is 21.9 Å². The zero-order chi connectivity index (χ0) is 9.35. The maximum Gasteiger partial charge on any atom is 0.379 e. The molecule has 0 spiro atoms. The van der Waals surface area contributed by atoms with E-state index in [2.05, 4.69) is 0 Å². The summed E-state index contributed by atoms with van der Waals surface area (Å²) in [6, 6.07) is 1.13. The third-order valence-corrected chi connectivity index (χ3v) is 2.31. The van der Waals surface area contributed by atoms with Crippen molar-refractivity contribution in [2.24, 2.45) is 0 Å². The Morgan fingerprint density at radius 1 is 1.67 bits per heavy atom. The van der Waals surface area contributed by atoms with Crippen LogP contribution in [0.2, 0.25) is 0 Å². The predicted octanol–water partition coefficient (Wildman–Crippen LogP) is 2.23. The van der Waals surface area contributed by atoms with Gasteiger partial charge in [-0.05, 0) is 18.4 Å². The van der Waals surface area contributed by atoms with Crippen LogP contribution in [0.5, 0.6) is 0 Å². The maximum absolute atomic E-state index is 12.8. The molecule has 0 saturated heterocycles. The van der Waals surface area contributed by atoms with Crippen LogP contribution in [-0.4, -0.2) is 11.1 Å². The first-order chi connectivity index (χ1) is 5.46. The molecule has 2 nitrogen and oxygen atoms in total. The van der Waals surface area contributed by atoms with E-state index in [0.717, 1.165) is 17.4 Å². The number of carboxylic acids is 1. The van der Waals surface area contributed by atoms with Gasteiger partial charge in [0.15, 0.2) is 0 Å². The fourth-order valence-electron chi connectivity index (χ4n) is 0.826. The molecule has 1 aromatic heterocycles. The van der Waals surface area contributed by atoms with Crippen molar-refractivity contribution < 1.29 is 18.7 Å². The molecule has 0 aromatic carbocycles. The van der Waals surface area contributed by atoms with Gasteiger partial charge in [0.05, 0.1) is 0 Å². The summed E-state index contributed by atoms with van der Waals surface area (Å²) in [5.74, 6) is -5.87. The molecule has 0 amide bonds. The second-order valence-corrected chi connectivity index (χ2v) is 3.39. The lowest BCUT2D eigenvalue weighted by Gasteiger charge is -2.09. The average Bonchev–Trinajstić information content (AvgIpc) is 2.35. The minimum absolute atomic E-state index is 0.336. The molecule has 0 fully saturated rings. The van der Waals surface area contributed by atoms with Crippen LogP contribution in [-0.2, 0) is 10.7 Å². The first-order valence-corrected chi connectivity index (χ1v) is 4.00. The lowest BCUT2D eigenvalue weighted by Crippen LogP contribution is -2.25. The zero-order valence-corrected chi connectivity index (χ0v) is 6.99. The van der Waals surface area contributed by atoms with Crippen molar-refractivity contribution in [3.63, 3.8) is 0 Å². The monoisotopic (exact) mass is 192 g/mol. The molecule has 5 heteroatoms. The van der Waals surface area contributed by atoms with Gasteiger partial charge in [0.25, 0.3) is 0 Å². The number of carbonyl (C=O) groups is 1. The van der Waals surface area contributed by atoms with Gasteiger partial charge < -0.3 is 5.11 Å². The molecule has 0 saturated carbocycles. The molecule has 0 aliphatic carbocycles. The van der Waals surface area contributed by atoms with Crippen LogP contribution in [0.4, 0.5) is 8.78 Å². The lowest BCUT2D eigenvalue weighted by molar-refractivity contribution is -0.166. The fraction of sp³-hybridized carbons (Fsp3) is 0.286. The van der Waals surface area contributed by atoms with Crippen LogP contribution in [0.1, 0.15) is 10.4 Å². The standard InChI is InChI=1S/C7H6F2O2S/c1-4-5(2-3-12-4)7(8,9)6(10)11/h2-3H,1H3,(H,10,11). The first kappa shape index (κ1) is 9.12. The number of aliphatic carboxylic acids is 1. The molecule has 0 bridgehead atoms. The third kappa shape index (κ3) is 1.32. The van der Waals surface area contributed by atoms with Crippen LogP contribution in [0.25, 0.3) is 0 Å². The normalized spacial score (nSPS) is 11.6. The van der Waals surface area contributed by atoms with Gasteiger partial charge in [-0.3, -0.25) is 0 Å². The molecule has 1 rings (SSSR count). The van der Waals surface area contributed by atoms with Gasteiger partial charge in [0, 0.05) is 10.4 Å². The quantitative estimate of drug-likeness (QED) is 0.780. The maximum atomic E-state index is 12.8. The van der Waals surface area contributed by atoms with Crippen LogP contribution in [0.3, 0.4) is 0 Å². The van der Waals surface area contributed by atoms with Gasteiger partial charge in [0.2, 0.25) is 0 Å². The van der Waals surface area contributed by atoms with Gasteiger partial charge >= 0.3 is 11.9 Å². The Bertz CT molecular complexity index is 306. The van der Waals surface area contributed by atoms with Crippen LogP contribution in [0, 0.1) is 6.92 Å². The Hall–Kier alpha value is -0.970. The highest BCUT2D eigenvalue weighted by atomic mass is 32.1. The summed E-state index contributed by atoms with van der Waals surface area (Å²) in [5, 5.41) is 9.64. The van der Waals surface area contributed by atoms with E-state index in [4.69, 9.17) is 5.11 Å². The highest BCUT2D eigenvalue weighted by Gasteiger charge is 2.42. The van der Waals surface area contributed by atoms with E-state index in [-0.39, 0.29) is 0 Å². The highest BCUT2D eigenvalue weighted by Crippen LogP contribution is 2.33. The number of thiophene rings is 1. The highest BCUT2D eigenvalue weighted by molar-refractivity contribution is 7.10. The van der Waals surface area contributed by atoms with Gasteiger partial charge in [-0.15, -0.1) is 11.3 Å². The van der Waals surface area contributed by atoms with Gasteiger partial charge in [-0.25, -0.2) is 4.79 Å². The Balaban J connectivity index is 3.13. The van der Waals surface area contributed by atoms with Crippen molar-refractivity contribution >= 4 is 17.3 Å². The molecule has 0 aliphatic rings. The molecule has 0 radical (unpaired) electrons. The summed E-state index contributed by atoms with van der Waals surface area (Å²) in [6.45, 7) is 1.47. The van der Waals surface area contributed by atoms with E-state index < -0.39 is 17.5 Å². The van der Waals surface area contributed by atoms with Crippen molar-refractivity contribution in [2.45, 2.75) is 12.8 Å². The van der Waals surface area contributed by atoms with E-state index in [9.17, 15) is 13.6 Å². The fourth-order valence-corrected chi connectivity index (χ4v) is 1.56. The summed E-state index contributed by atoms with van der Waals surface area (Å²) < 4.78 is 25.6. The number of alkyl halides is 2. The Kier molecular flexibility index (Phi) is 2.14. The van der Waals surface area contributed by atoms with Gasteiger partial charge in [-0.1, -0.05) is 0 Å². The Labute approximate surface area is 71.5 Å². The van der Waals surface area contributed by atoms with E-state index in [0.29, 0.717) is 4.88 Å². The molecule has 1 heterocycles. The van der Waals surface area contributed by atoms with Crippen LogP contribution in [0.15, 0.2) is 11.4 Å². The third-order valence-electron chi connectivity index (χ3n) is 1.47. The molecule has 0 atom stereocenters. The van der Waals surface area contributed by atoms with E-state index in [1.807, 2.05) is 0 Å². The number of halogens is 2. The Morgan fingerprint density at radius 2 is 2.25 bits per heavy atom. The molecule has 1 N–H and O–H groups in total. The molecule has 66 valence electrons.